The van der Waals surface area contributed by atoms with Gasteiger partial charge < -0.3 is 20.0 Å². The van der Waals surface area contributed by atoms with E-state index in [0.29, 0.717) is 5.76 Å². The molecule has 1 aromatic carbocycles. The van der Waals surface area contributed by atoms with Crippen LogP contribution in [0.15, 0.2) is 53.1 Å². The molecule has 0 saturated carbocycles. The van der Waals surface area contributed by atoms with Crippen LogP contribution in [0.25, 0.3) is 0 Å². The maximum absolute atomic E-state index is 11.5. The Bertz CT molecular complexity index is 625. The zero-order chi connectivity index (χ0) is 14.4. The van der Waals surface area contributed by atoms with Crippen molar-refractivity contribution in [2.24, 2.45) is 5.73 Å². The molecule has 0 amide bonds. The largest absolute Gasteiger partial charge is 0.479 e. The van der Waals surface area contributed by atoms with Crippen molar-refractivity contribution in [2.75, 3.05) is 0 Å². The highest BCUT2D eigenvalue weighted by Gasteiger charge is 2.76. The molecule has 1 fully saturated rings. The number of ether oxygens (including phenoxy) is 1. The van der Waals surface area contributed by atoms with Crippen LogP contribution < -0.4 is 5.73 Å². The fourth-order valence-corrected chi connectivity index (χ4v) is 2.73. The Hall–Kier alpha value is -2.11. The lowest BCUT2D eigenvalue weighted by atomic mass is 9.80. The summed E-state index contributed by atoms with van der Waals surface area (Å²) in [5, 5.41) is 9.44. The molecule has 1 aliphatic rings. The van der Waals surface area contributed by atoms with Gasteiger partial charge in [-0.2, -0.15) is 0 Å². The van der Waals surface area contributed by atoms with Crippen LogP contribution in [0.5, 0.6) is 0 Å². The lowest BCUT2D eigenvalue weighted by Gasteiger charge is -2.21. The van der Waals surface area contributed by atoms with Gasteiger partial charge in [0.2, 0.25) is 0 Å². The van der Waals surface area contributed by atoms with Gasteiger partial charge in [0, 0.05) is 0 Å². The molecule has 104 valence electrons. The first-order chi connectivity index (χ1) is 9.52. The van der Waals surface area contributed by atoms with Gasteiger partial charge in [-0.25, -0.2) is 4.79 Å². The second kappa shape index (κ2) is 4.19. The quantitative estimate of drug-likeness (QED) is 0.832. The van der Waals surface area contributed by atoms with Gasteiger partial charge in [-0.05, 0) is 24.6 Å². The minimum Gasteiger partial charge on any atom is -0.479 e. The summed E-state index contributed by atoms with van der Waals surface area (Å²) in [5.74, 6) is -0.540. The summed E-state index contributed by atoms with van der Waals surface area (Å²) in [6, 6.07) is 11.9. The lowest BCUT2D eigenvalue weighted by molar-refractivity contribution is -0.142. The SMILES string of the molecule is C[C@]1(C(=O)O)O[C@@]1(c1ccccc1)[C@@H](N)c1ccco1. The molecule has 5 heteroatoms. The zero-order valence-corrected chi connectivity index (χ0v) is 10.9. The molecule has 0 aliphatic carbocycles. The van der Waals surface area contributed by atoms with E-state index in [1.807, 2.05) is 30.3 Å². The van der Waals surface area contributed by atoms with E-state index in [1.165, 1.54) is 13.2 Å². The first-order valence-electron chi connectivity index (χ1n) is 6.30. The Labute approximate surface area is 116 Å². The first-order valence-corrected chi connectivity index (χ1v) is 6.30. The summed E-state index contributed by atoms with van der Waals surface area (Å²) < 4.78 is 11.0. The third-order valence-electron chi connectivity index (χ3n) is 3.93. The molecule has 0 spiro atoms. The highest BCUT2D eigenvalue weighted by molar-refractivity contribution is 5.83. The average molecular weight is 273 g/mol. The van der Waals surface area contributed by atoms with Gasteiger partial charge in [0.1, 0.15) is 11.8 Å². The number of hydrogen-bond donors (Lipinski definition) is 2. The van der Waals surface area contributed by atoms with Crippen molar-refractivity contribution in [3.05, 3.63) is 60.1 Å². The summed E-state index contributed by atoms with van der Waals surface area (Å²) in [4.78, 5) is 11.5. The van der Waals surface area contributed by atoms with Crippen molar-refractivity contribution >= 4 is 5.97 Å². The van der Waals surface area contributed by atoms with Crippen molar-refractivity contribution in [1.29, 1.82) is 0 Å². The number of rotatable bonds is 4. The van der Waals surface area contributed by atoms with Gasteiger partial charge in [0.25, 0.3) is 0 Å². The molecule has 2 aromatic rings. The molecular weight excluding hydrogens is 258 g/mol. The monoisotopic (exact) mass is 273 g/mol. The van der Waals surface area contributed by atoms with Crippen LogP contribution >= 0.6 is 0 Å². The minimum atomic E-state index is -1.36. The third kappa shape index (κ3) is 1.54. The molecule has 0 unspecified atom stereocenters. The van der Waals surface area contributed by atoms with Crippen LogP contribution in [0.4, 0.5) is 0 Å². The average Bonchev–Trinajstić information content (AvgIpc) is 2.86. The number of carbonyl (C=O) groups is 1. The maximum atomic E-state index is 11.5. The van der Waals surface area contributed by atoms with Crippen molar-refractivity contribution < 1.29 is 19.1 Å². The Morgan fingerprint density at radius 2 is 1.95 bits per heavy atom. The highest BCUT2D eigenvalue weighted by atomic mass is 16.7. The summed E-state index contributed by atoms with van der Waals surface area (Å²) in [5.41, 5.74) is 4.50. The molecule has 1 aliphatic heterocycles. The number of carboxylic acids is 1. The topological polar surface area (TPSA) is 89.0 Å². The number of epoxide rings is 1. The van der Waals surface area contributed by atoms with E-state index in [-0.39, 0.29) is 0 Å². The summed E-state index contributed by atoms with van der Waals surface area (Å²) >= 11 is 0. The Kier molecular flexibility index (Phi) is 2.70. The second-order valence-electron chi connectivity index (χ2n) is 5.04. The van der Waals surface area contributed by atoms with E-state index < -0.39 is 23.2 Å². The van der Waals surface area contributed by atoms with Crippen molar-refractivity contribution in [3.63, 3.8) is 0 Å². The zero-order valence-electron chi connectivity index (χ0n) is 10.9. The molecule has 5 nitrogen and oxygen atoms in total. The van der Waals surface area contributed by atoms with E-state index >= 15 is 0 Å². The summed E-state index contributed by atoms with van der Waals surface area (Å²) in [7, 11) is 0. The fraction of sp³-hybridized carbons (Fsp3) is 0.267. The first kappa shape index (κ1) is 12.9. The van der Waals surface area contributed by atoms with E-state index in [4.69, 9.17) is 14.9 Å². The molecule has 0 radical (unpaired) electrons. The molecule has 3 atom stereocenters. The number of benzene rings is 1. The lowest BCUT2D eigenvalue weighted by Crippen LogP contribution is -2.37. The van der Waals surface area contributed by atoms with E-state index in [1.54, 1.807) is 12.1 Å². The normalized spacial score (nSPS) is 29.9. The van der Waals surface area contributed by atoms with Gasteiger partial charge >= 0.3 is 5.97 Å². The number of hydrogen-bond acceptors (Lipinski definition) is 4. The molecule has 2 heterocycles. The van der Waals surface area contributed by atoms with Crippen LogP contribution in [0, 0.1) is 0 Å². The van der Waals surface area contributed by atoms with Gasteiger partial charge in [0.05, 0.1) is 6.26 Å². The maximum Gasteiger partial charge on any atom is 0.339 e. The minimum absolute atomic E-state index is 0.499. The van der Waals surface area contributed by atoms with Gasteiger partial charge in [0.15, 0.2) is 11.2 Å². The molecule has 1 aromatic heterocycles. The second-order valence-corrected chi connectivity index (χ2v) is 5.04. The van der Waals surface area contributed by atoms with Crippen LogP contribution in [-0.4, -0.2) is 16.7 Å². The van der Waals surface area contributed by atoms with Crippen LogP contribution in [-0.2, 0) is 15.1 Å². The van der Waals surface area contributed by atoms with Gasteiger partial charge in [-0.1, -0.05) is 30.3 Å². The van der Waals surface area contributed by atoms with Crippen molar-refractivity contribution in [2.45, 2.75) is 24.2 Å². The highest BCUT2D eigenvalue weighted by Crippen LogP contribution is 2.61. The fourth-order valence-electron chi connectivity index (χ4n) is 2.73. The molecular formula is C15H15NO4. The molecule has 0 bridgehead atoms. The number of nitrogens with two attached hydrogens (primary N) is 1. The molecule has 1 saturated heterocycles. The summed E-state index contributed by atoms with van der Waals surface area (Å²) in [6.07, 6.45) is 1.51. The standard InChI is InChI=1S/C15H15NO4/c1-14(13(17)18)15(20-14,10-6-3-2-4-7-10)12(16)11-8-5-9-19-11/h2-9,12H,16H2,1H3,(H,17,18)/t12-,14+,15-/m0/s1. The number of carboxylic acid groups (broad SMARTS) is 1. The van der Waals surface area contributed by atoms with Crippen LogP contribution in [0.3, 0.4) is 0 Å². The van der Waals surface area contributed by atoms with Crippen molar-refractivity contribution in [1.82, 2.24) is 0 Å². The van der Waals surface area contributed by atoms with Gasteiger partial charge in [-0.3, -0.25) is 0 Å². The third-order valence-corrected chi connectivity index (χ3v) is 3.93. The Morgan fingerprint density at radius 1 is 1.25 bits per heavy atom. The summed E-state index contributed by atoms with van der Waals surface area (Å²) in [6.45, 7) is 1.53. The molecule has 3 rings (SSSR count). The van der Waals surface area contributed by atoms with Crippen LogP contribution in [0.1, 0.15) is 24.3 Å². The van der Waals surface area contributed by atoms with Crippen LogP contribution in [0.2, 0.25) is 0 Å². The van der Waals surface area contributed by atoms with Crippen molar-refractivity contribution in [3.8, 4) is 0 Å². The Balaban J connectivity index is 2.10. The Morgan fingerprint density at radius 3 is 2.45 bits per heavy atom. The van der Waals surface area contributed by atoms with Gasteiger partial charge in [-0.15, -0.1) is 0 Å². The predicted molar refractivity (Wildman–Crippen MR) is 70.9 cm³/mol. The molecule has 3 N–H and O–H groups in total. The predicted octanol–water partition coefficient (Wildman–Crippen LogP) is 2.05. The van der Waals surface area contributed by atoms with E-state index in [9.17, 15) is 9.90 Å². The number of aliphatic carboxylic acids is 1. The van der Waals surface area contributed by atoms with E-state index in [0.717, 1.165) is 5.56 Å². The molecule has 20 heavy (non-hydrogen) atoms. The number of furan rings is 1. The van der Waals surface area contributed by atoms with E-state index in [2.05, 4.69) is 0 Å². The smallest absolute Gasteiger partial charge is 0.339 e.